The van der Waals surface area contributed by atoms with Gasteiger partial charge in [0.1, 0.15) is 23.4 Å². The standard InChI is InChI=1S/C20H22O5/c1-4-23-17-10-11-19(25-16-8-6-5-7-9-16)18(12-17)15(3)20(22)24-14(2)13-21/h5-12,14,21H,3-4,13H2,1-2H3. The number of aliphatic hydroxyl groups excluding tert-OH is 1. The lowest BCUT2D eigenvalue weighted by atomic mass is 10.1. The van der Waals surface area contributed by atoms with Crippen LogP contribution in [0.3, 0.4) is 0 Å². The summed E-state index contributed by atoms with van der Waals surface area (Å²) in [6, 6.07) is 14.4. The Morgan fingerprint density at radius 3 is 2.52 bits per heavy atom. The minimum atomic E-state index is -0.617. The number of rotatable bonds is 8. The second-order valence-electron chi connectivity index (χ2n) is 5.38. The molecule has 0 heterocycles. The Morgan fingerprint density at radius 2 is 1.88 bits per heavy atom. The fraction of sp³-hybridized carbons (Fsp3) is 0.250. The molecule has 0 radical (unpaired) electrons. The number of para-hydroxylation sites is 1. The van der Waals surface area contributed by atoms with Crippen LogP contribution in [0, 0.1) is 0 Å². The first-order chi connectivity index (χ1) is 12.0. The van der Waals surface area contributed by atoms with Gasteiger partial charge in [-0.25, -0.2) is 4.79 Å². The van der Waals surface area contributed by atoms with E-state index in [1.165, 1.54) is 0 Å². The van der Waals surface area contributed by atoms with Gasteiger partial charge in [-0.2, -0.15) is 0 Å². The molecule has 0 saturated heterocycles. The fourth-order valence-corrected chi connectivity index (χ4v) is 2.11. The normalized spacial score (nSPS) is 11.5. The molecule has 132 valence electrons. The molecule has 0 fully saturated rings. The number of ether oxygens (including phenoxy) is 3. The number of hydrogen-bond donors (Lipinski definition) is 1. The van der Waals surface area contributed by atoms with Crippen molar-refractivity contribution in [1.82, 2.24) is 0 Å². The average Bonchev–Trinajstić information content (AvgIpc) is 2.63. The molecule has 0 aliphatic rings. The van der Waals surface area contributed by atoms with Crippen LogP contribution < -0.4 is 9.47 Å². The predicted octanol–water partition coefficient (Wildman–Crippen LogP) is 3.81. The number of hydrogen-bond acceptors (Lipinski definition) is 5. The van der Waals surface area contributed by atoms with Crippen molar-refractivity contribution in [2.45, 2.75) is 20.0 Å². The van der Waals surface area contributed by atoms with Crippen LogP contribution in [0.1, 0.15) is 19.4 Å². The molecular weight excluding hydrogens is 320 g/mol. The van der Waals surface area contributed by atoms with Gasteiger partial charge in [-0.05, 0) is 44.2 Å². The van der Waals surface area contributed by atoms with E-state index in [4.69, 9.17) is 19.3 Å². The minimum absolute atomic E-state index is 0.132. The first-order valence-electron chi connectivity index (χ1n) is 8.06. The maximum absolute atomic E-state index is 12.3. The van der Waals surface area contributed by atoms with E-state index in [2.05, 4.69) is 6.58 Å². The monoisotopic (exact) mass is 342 g/mol. The lowest BCUT2D eigenvalue weighted by Gasteiger charge is -2.16. The van der Waals surface area contributed by atoms with Crippen molar-refractivity contribution < 1.29 is 24.1 Å². The molecule has 2 rings (SSSR count). The Labute approximate surface area is 147 Å². The first-order valence-corrected chi connectivity index (χ1v) is 8.06. The van der Waals surface area contributed by atoms with Crippen molar-refractivity contribution in [3.05, 3.63) is 60.7 Å². The number of esters is 1. The zero-order chi connectivity index (χ0) is 18.2. The van der Waals surface area contributed by atoms with E-state index in [0.717, 1.165) is 0 Å². The van der Waals surface area contributed by atoms with Crippen LogP contribution in [0.5, 0.6) is 17.2 Å². The SMILES string of the molecule is C=C(C(=O)OC(C)CO)c1cc(OCC)ccc1Oc1ccccc1. The molecule has 1 N–H and O–H groups in total. The quantitative estimate of drug-likeness (QED) is 0.584. The third kappa shape index (κ3) is 5.09. The molecule has 0 saturated carbocycles. The topological polar surface area (TPSA) is 65.0 Å². The van der Waals surface area contributed by atoms with Crippen molar-refractivity contribution in [3.8, 4) is 17.2 Å². The van der Waals surface area contributed by atoms with Crippen LogP contribution in [0.2, 0.25) is 0 Å². The van der Waals surface area contributed by atoms with Crippen molar-refractivity contribution in [2.75, 3.05) is 13.2 Å². The first kappa shape index (κ1) is 18.5. The lowest BCUT2D eigenvalue weighted by molar-refractivity contribution is -0.142. The summed E-state index contributed by atoms with van der Waals surface area (Å²) in [7, 11) is 0. The molecule has 0 bridgehead atoms. The minimum Gasteiger partial charge on any atom is -0.494 e. The summed E-state index contributed by atoms with van der Waals surface area (Å²) in [5.41, 5.74) is 0.609. The van der Waals surface area contributed by atoms with Crippen LogP contribution in [0.4, 0.5) is 0 Å². The highest BCUT2D eigenvalue weighted by Gasteiger charge is 2.19. The highest BCUT2D eigenvalue weighted by molar-refractivity contribution is 6.16. The van der Waals surface area contributed by atoms with E-state index in [1.54, 1.807) is 25.1 Å². The molecule has 5 nitrogen and oxygen atoms in total. The van der Waals surface area contributed by atoms with E-state index in [0.29, 0.717) is 29.4 Å². The molecule has 1 unspecified atom stereocenters. The van der Waals surface area contributed by atoms with E-state index in [9.17, 15) is 4.79 Å². The van der Waals surface area contributed by atoms with Crippen molar-refractivity contribution in [2.24, 2.45) is 0 Å². The second kappa shape index (κ2) is 8.89. The van der Waals surface area contributed by atoms with E-state index >= 15 is 0 Å². The highest BCUT2D eigenvalue weighted by atomic mass is 16.6. The number of benzene rings is 2. The molecule has 0 spiro atoms. The van der Waals surface area contributed by atoms with Crippen LogP contribution in [0.15, 0.2) is 55.1 Å². The number of aliphatic hydroxyl groups is 1. The van der Waals surface area contributed by atoms with Gasteiger partial charge in [0.05, 0.1) is 18.8 Å². The van der Waals surface area contributed by atoms with Gasteiger partial charge in [0.2, 0.25) is 0 Å². The van der Waals surface area contributed by atoms with Crippen LogP contribution in [-0.2, 0) is 9.53 Å². The molecule has 0 amide bonds. The van der Waals surface area contributed by atoms with E-state index < -0.39 is 12.1 Å². The second-order valence-corrected chi connectivity index (χ2v) is 5.38. The Morgan fingerprint density at radius 1 is 1.16 bits per heavy atom. The van der Waals surface area contributed by atoms with Gasteiger partial charge in [0.25, 0.3) is 0 Å². The van der Waals surface area contributed by atoms with Gasteiger partial charge >= 0.3 is 5.97 Å². The molecule has 2 aromatic carbocycles. The molecule has 0 aromatic heterocycles. The molecular formula is C20H22O5. The summed E-state index contributed by atoms with van der Waals surface area (Å²) in [6.07, 6.45) is -0.613. The van der Waals surface area contributed by atoms with Gasteiger partial charge in [-0.15, -0.1) is 0 Å². The lowest BCUT2D eigenvalue weighted by Crippen LogP contribution is -2.19. The molecule has 2 aromatic rings. The Bertz CT molecular complexity index is 724. The number of carbonyl (C=O) groups is 1. The molecule has 1 atom stereocenters. The van der Waals surface area contributed by atoms with Gasteiger partial charge < -0.3 is 19.3 Å². The van der Waals surface area contributed by atoms with Crippen LogP contribution >= 0.6 is 0 Å². The Balaban J connectivity index is 2.32. The molecule has 25 heavy (non-hydrogen) atoms. The summed E-state index contributed by atoms with van der Waals surface area (Å²) in [6.45, 7) is 7.54. The Kier molecular flexibility index (Phi) is 6.60. The van der Waals surface area contributed by atoms with Crippen LogP contribution in [-0.4, -0.2) is 30.4 Å². The third-order valence-electron chi connectivity index (χ3n) is 3.37. The number of carbonyl (C=O) groups excluding carboxylic acids is 1. The van der Waals surface area contributed by atoms with Gasteiger partial charge in [-0.1, -0.05) is 24.8 Å². The highest BCUT2D eigenvalue weighted by Crippen LogP contribution is 2.33. The molecule has 0 aliphatic carbocycles. The zero-order valence-electron chi connectivity index (χ0n) is 14.4. The van der Waals surface area contributed by atoms with Gasteiger partial charge in [0, 0.05) is 5.56 Å². The van der Waals surface area contributed by atoms with Crippen LogP contribution in [0.25, 0.3) is 5.57 Å². The smallest absolute Gasteiger partial charge is 0.338 e. The summed E-state index contributed by atoms with van der Waals surface area (Å²) in [4.78, 5) is 12.3. The maximum Gasteiger partial charge on any atom is 0.338 e. The summed E-state index contributed by atoms with van der Waals surface area (Å²) in [5.74, 6) is 1.08. The summed E-state index contributed by atoms with van der Waals surface area (Å²) < 4.78 is 16.5. The maximum atomic E-state index is 12.3. The Hall–Kier alpha value is -2.79. The third-order valence-corrected chi connectivity index (χ3v) is 3.37. The predicted molar refractivity (Wildman–Crippen MR) is 95.8 cm³/mol. The van der Waals surface area contributed by atoms with Gasteiger partial charge in [0.15, 0.2) is 0 Å². The van der Waals surface area contributed by atoms with Crippen molar-refractivity contribution >= 4 is 11.5 Å². The fourth-order valence-electron chi connectivity index (χ4n) is 2.11. The molecule has 5 heteroatoms. The molecule has 0 aliphatic heterocycles. The largest absolute Gasteiger partial charge is 0.494 e. The van der Waals surface area contributed by atoms with E-state index in [-0.39, 0.29) is 12.2 Å². The summed E-state index contributed by atoms with van der Waals surface area (Å²) >= 11 is 0. The van der Waals surface area contributed by atoms with E-state index in [1.807, 2.05) is 37.3 Å². The van der Waals surface area contributed by atoms with Gasteiger partial charge in [-0.3, -0.25) is 0 Å². The van der Waals surface area contributed by atoms with Crippen molar-refractivity contribution in [1.29, 1.82) is 0 Å². The van der Waals surface area contributed by atoms with Crippen molar-refractivity contribution in [3.63, 3.8) is 0 Å². The average molecular weight is 342 g/mol. The summed E-state index contributed by atoms with van der Waals surface area (Å²) in [5, 5.41) is 9.05. The zero-order valence-corrected chi connectivity index (χ0v) is 14.4.